The van der Waals surface area contributed by atoms with Crippen LogP contribution in [0.2, 0.25) is 0 Å². The highest BCUT2D eigenvalue weighted by molar-refractivity contribution is 8.02. The van der Waals surface area contributed by atoms with Crippen LogP contribution in [0.4, 0.5) is 0 Å². The van der Waals surface area contributed by atoms with E-state index in [9.17, 15) is 0 Å². The fourth-order valence-corrected chi connectivity index (χ4v) is 2.79. The standard InChI is InChI=1S/C9H14ClN5S/c1-5-14-7(10)6(8-12-3-4-13-8)9(16-2)15(5)11/h5H,3-4,11H2,1-2H3,(H,12,13). The predicted molar refractivity (Wildman–Crippen MR) is 69.6 cm³/mol. The molecule has 1 unspecified atom stereocenters. The third-order valence-electron chi connectivity index (χ3n) is 2.46. The van der Waals surface area contributed by atoms with E-state index in [1.807, 2.05) is 13.2 Å². The number of nitrogens with zero attached hydrogens (tertiary/aromatic N) is 3. The van der Waals surface area contributed by atoms with E-state index in [0.717, 1.165) is 29.5 Å². The van der Waals surface area contributed by atoms with Gasteiger partial charge in [0, 0.05) is 6.54 Å². The Morgan fingerprint density at radius 1 is 1.62 bits per heavy atom. The van der Waals surface area contributed by atoms with E-state index >= 15 is 0 Å². The van der Waals surface area contributed by atoms with Crippen LogP contribution in [-0.2, 0) is 0 Å². The van der Waals surface area contributed by atoms with Crippen molar-refractivity contribution in [1.82, 2.24) is 10.3 Å². The Bertz CT molecular complexity index is 389. The van der Waals surface area contributed by atoms with Crippen molar-refractivity contribution < 1.29 is 0 Å². The number of thioether (sulfide) groups is 1. The number of hydrogen-bond acceptors (Lipinski definition) is 6. The summed E-state index contributed by atoms with van der Waals surface area (Å²) in [5.74, 6) is 6.75. The lowest BCUT2D eigenvalue weighted by molar-refractivity contribution is 0.300. The summed E-state index contributed by atoms with van der Waals surface area (Å²) in [7, 11) is 0. The number of nitrogens with one attached hydrogen (secondary N) is 1. The van der Waals surface area contributed by atoms with Crippen LogP contribution in [0.3, 0.4) is 0 Å². The summed E-state index contributed by atoms with van der Waals surface area (Å²) in [4.78, 5) is 8.63. The van der Waals surface area contributed by atoms with E-state index in [1.54, 1.807) is 16.8 Å². The smallest absolute Gasteiger partial charge is 0.139 e. The van der Waals surface area contributed by atoms with Gasteiger partial charge in [-0.15, -0.1) is 11.8 Å². The number of halogens is 1. The van der Waals surface area contributed by atoms with Gasteiger partial charge in [0.1, 0.15) is 22.2 Å². The van der Waals surface area contributed by atoms with Crippen molar-refractivity contribution in [2.24, 2.45) is 15.8 Å². The van der Waals surface area contributed by atoms with Gasteiger partial charge in [0.2, 0.25) is 0 Å². The highest BCUT2D eigenvalue weighted by Gasteiger charge is 2.28. The number of hydrogen-bond donors (Lipinski definition) is 2. The first kappa shape index (κ1) is 11.8. The van der Waals surface area contributed by atoms with Crippen LogP contribution >= 0.6 is 23.4 Å². The molecule has 3 N–H and O–H groups in total. The molecular weight excluding hydrogens is 246 g/mol. The largest absolute Gasteiger partial charge is 0.368 e. The Hall–Kier alpha value is -0.720. The summed E-state index contributed by atoms with van der Waals surface area (Å²) in [6, 6.07) is 0. The number of amidine groups is 1. The minimum absolute atomic E-state index is 0.138. The van der Waals surface area contributed by atoms with Crippen molar-refractivity contribution >= 4 is 34.4 Å². The topological polar surface area (TPSA) is 66.0 Å². The molecule has 0 saturated carbocycles. The fraction of sp³-hybridized carbons (Fsp3) is 0.556. The average Bonchev–Trinajstić information content (AvgIpc) is 2.76. The van der Waals surface area contributed by atoms with Gasteiger partial charge in [0.05, 0.1) is 12.1 Å². The van der Waals surface area contributed by atoms with E-state index in [4.69, 9.17) is 17.4 Å². The molecule has 0 saturated heterocycles. The highest BCUT2D eigenvalue weighted by Crippen LogP contribution is 2.28. The van der Waals surface area contributed by atoms with Crippen molar-refractivity contribution in [3.05, 3.63) is 10.6 Å². The third-order valence-corrected chi connectivity index (χ3v) is 3.55. The van der Waals surface area contributed by atoms with Crippen molar-refractivity contribution in [2.45, 2.75) is 13.1 Å². The molecule has 5 nitrogen and oxygen atoms in total. The fourth-order valence-electron chi connectivity index (χ4n) is 1.65. The number of nitrogens with two attached hydrogens (primary N) is 1. The first-order chi connectivity index (χ1) is 7.65. The minimum atomic E-state index is -0.138. The molecule has 0 bridgehead atoms. The molecule has 2 rings (SSSR count). The average molecular weight is 260 g/mol. The minimum Gasteiger partial charge on any atom is -0.368 e. The molecule has 0 aliphatic carbocycles. The van der Waals surface area contributed by atoms with E-state index in [0.29, 0.717) is 5.17 Å². The summed E-state index contributed by atoms with van der Waals surface area (Å²) in [6.07, 6.45) is 1.83. The van der Waals surface area contributed by atoms with Crippen molar-refractivity contribution in [2.75, 3.05) is 19.3 Å². The molecule has 2 heterocycles. The van der Waals surface area contributed by atoms with Crippen LogP contribution in [0.1, 0.15) is 6.92 Å². The number of aliphatic imine (C=N–C) groups is 2. The SMILES string of the molecule is CSC1=C(C2=NCCN2)C(Cl)=NC(C)N1N. The highest BCUT2D eigenvalue weighted by atomic mass is 35.5. The lowest BCUT2D eigenvalue weighted by Crippen LogP contribution is -2.42. The molecule has 0 spiro atoms. The van der Waals surface area contributed by atoms with Crippen LogP contribution in [-0.4, -0.2) is 41.5 Å². The quantitative estimate of drug-likeness (QED) is 0.718. The second-order valence-electron chi connectivity index (χ2n) is 3.50. The maximum absolute atomic E-state index is 6.17. The monoisotopic (exact) mass is 259 g/mol. The molecule has 0 amide bonds. The van der Waals surface area contributed by atoms with Gasteiger partial charge in [-0.2, -0.15) is 0 Å². The Morgan fingerprint density at radius 3 is 2.94 bits per heavy atom. The molecule has 0 aromatic rings. The second kappa shape index (κ2) is 4.65. The van der Waals surface area contributed by atoms with Gasteiger partial charge in [0.25, 0.3) is 0 Å². The van der Waals surface area contributed by atoms with Crippen LogP contribution in [0, 0.1) is 0 Å². The zero-order chi connectivity index (χ0) is 11.7. The molecule has 7 heteroatoms. The third kappa shape index (κ3) is 1.92. The summed E-state index contributed by atoms with van der Waals surface area (Å²) < 4.78 is 0. The lowest BCUT2D eigenvalue weighted by atomic mass is 10.2. The van der Waals surface area contributed by atoms with Crippen molar-refractivity contribution in [3.63, 3.8) is 0 Å². The predicted octanol–water partition coefficient (Wildman–Crippen LogP) is 0.735. The maximum Gasteiger partial charge on any atom is 0.139 e. The first-order valence-corrected chi connectivity index (χ1v) is 6.60. The van der Waals surface area contributed by atoms with Gasteiger partial charge in [-0.25, -0.2) is 10.8 Å². The molecule has 0 radical (unpaired) electrons. The number of rotatable bonds is 2. The lowest BCUT2D eigenvalue weighted by Gasteiger charge is -2.31. The molecule has 0 aromatic heterocycles. The molecule has 0 aromatic carbocycles. The molecule has 16 heavy (non-hydrogen) atoms. The van der Waals surface area contributed by atoms with Gasteiger partial charge in [0.15, 0.2) is 0 Å². The molecule has 0 fully saturated rings. The van der Waals surface area contributed by atoms with Gasteiger partial charge in [-0.3, -0.25) is 10.0 Å². The summed E-state index contributed by atoms with van der Waals surface area (Å²) >= 11 is 7.72. The normalized spacial score (nSPS) is 25.5. The number of hydrazine groups is 1. The summed E-state index contributed by atoms with van der Waals surface area (Å²) in [5, 5.41) is 6.19. The van der Waals surface area contributed by atoms with Crippen LogP contribution in [0.5, 0.6) is 0 Å². The molecule has 2 aliphatic heterocycles. The van der Waals surface area contributed by atoms with E-state index in [2.05, 4.69) is 15.3 Å². The van der Waals surface area contributed by atoms with E-state index in [1.165, 1.54) is 0 Å². The molecule has 2 aliphatic rings. The van der Waals surface area contributed by atoms with E-state index < -0.39 is 0 Å². The summed E-state index contributed by atoms with van der Waals surface area (Å²) in [6.45, 7) is 3.51. The van der Waals surface area contributed by atoms with Gasteiger partial charge in [-0.1, -0.05) is 11.6 Å². The van der Waals surface area contributed by atoms with Crippen LogP contribution in [0.15, 0.2) is 20.6 Å². The molecule has 1 atom stereocenters. The Balaban J connectivity index is 2.44. The van der Waals surface area contributed by atoms with Gasteiger partial charge in [-0.05, 0) is 13.2 Å². The first-order valence-electron chi connectivity index (χ1n) is 4.99. The summed E-state index contributed by atoms with van der Waals surface area (Å²) in [5.41, 5.74) is 0.812. The van der Waals surface area contributed by atoms with Gasteiger partial charge >= 0.3 is 0 Å². The zero-order valence-electron chi connectivity index (χ0n) is 9.20. The van der Waals surface area contributed by atoms with Crippen molar-refractivity contribution in [1.29, 1.82) is 0 Å². The molecule has 88 valence electrons. The zero-order valence-corrected chi connectivity index (χ0v) is 10.8. The Morgan fingerprint density at radius 2 is 2.38 bits per heavy atom. The molecular formula is C9H14ClN5S. The Labute approximate surface area is 104 Å². The maximum atomic E-state index is 6.17. The Kier molecular flexibility index (Phi) is 3.41. The van der Waals surface area contributed by atoms with Crippen molar-refractivity contribution in [3.8, 4) is 0 Å². The van der Waals surface area contributed by atoms with E-state index in [-0.39, 0.29) is 6.17 Å². The van der Waals surface area contributed by atoms with Crippen LogP contribution < -0.4 is 11.2 Å². The van der Waals surface area contributed by atoms with Gasteiger partial charge < -0.3 is 5.32 Å². The van der Waals surface area contributed by atoms with Crippen LogP contribution in [0.25, 0.3) is 0 Å². The second-order valence-corrected chi connectivity index (χ2v) is 4.65.